The van der Waals surface area contributed by atoms with Gasteiger partial charge < -0.3 is 20.5 Å². The number of halogens is 1. The maximum atomic E-state index is 13.5. The van der Waals surface area contributed by atoms with Crippen LogP contribution in [0.2, 0.25) is 0 Å². The first kappa shape index (κ1) is 13.0. The van der Waals surface area contributed by atoms with Gasteiger partial charge in [0, 0.05) is 12.1 Å². The first-order valence-corrected chi connectivity index (χ1v) is 5.68. The van der Waals surface area contributed by atoms with Crippen molar-refractivity contribution >= 4 is 17.1 Å². The third-order valence-corrected chi connectivity index (χ3v) is 2.70. The maximum absolute atomic E-state index is 13.5. The van der Waals surface area contributed by atoms with Crippen molar-refractivity contribution in [2.24, 2.45) is 0 Å². The molecule has 0 aliphatic rings. The molecule has 0 spiro atoms. The highest BCUT2D eigenvalue weighted by molar-refractivity contribution is 5.76. The highest BCUT2D eigenvalue weighted by Gasteiger charge is 2.10. The molecule has 3 N–H and O–H groups in total. The van der Waals surface area contributed by atoms with Gasteiger partial charge in [-0.2, -0.15) is 0 Å². The van der Waals surface area contributed by atoms with Gasteiger partial charge in [-0.25, -0.2) is 4.39 Å². The van der Waals surface area contributed by atoms with Crippen molar-refractivity contribution in [3.05, 3.63) is 42.2 Å². The molecule has 0 radical (unpaired) electrons. The summed E-state index contributed by atoms with van der Waals surface area (Å²) in [5, 5.41) is 3.10. The van der Waals surface area contributed by atoms with Gasteiger partial charge in [-0.15, -0.1) is 0 Å². The largest absolute Gasteiger partial charge is 0.495 e. The average molecular weight is 262 g/mol. The molecule has 19 heavy (non-hydrogen) atoms. The SMILES string of the molecule is COc1cc(Nc2ccccc2OC)c(N)cc1F. The lowest BCUT2D eigenvalue weighted by Crippen LogP contribution is -2.00. The Morgan fingerprint density at radius 2 is 1.68 bits per heavy atom. The van der Waals surface area contributed by atoms with Crippen molar-refractivity contribution in [2.45, 2.75) is 0 Å². The van der Waals surface area contributed by atoms with Crippen LogP contribution in [0.3, 0.4) is 0 Å². The molecule has 0 bridgehead atoms. The van der Waals surface area contributed by atoms with E-state index in [2.05, 4.69) is 5.32 Å². The number of anilines is 3. The first-order chi connectivity index (χ1) is 9.15. The maximum Gasteiger partial charge on any atom is 0.167 e. The zero-order valence-corrected chi connectivity index (χ0v) is 10.7. The predicted molar refractivity (Wildman–Crippen MR) is 73.6 cm³/mol. The van der Waals surface area contributed by atoms with Crippen molar-refractivity contribution < 1.29 is 13.9 Å². The lowest BCUT2D eigenvalue weighted by atomic mass is 10.2. The molecule has 2 aromatic carbocycles. The summed E-state index contributed by atoms with van der Waals surface area (Å²) in [6.45, 7) is 0. The molecule has 0 aromatic heterocycles. The highest BCUT2D eigenvalue weighted by Crippen LogP contribution is 2.33. The number of nitrogens with two attached hydrogens (primary N) is 1. The van der Waals surface area contributed by atoms with Crippen LogP contribution in [0.4, 0.5) is 21.5 Å². The summed E-state index contributed by atoms with van der Waals surface area (Å²) in [5.41, 5.74) is 7.38. The van der Waals surface area contributed by atoms with E-state index in [0.29, 0.717) is 17.1 Å². The van der Waals surface area contributed by atoms with Crippen molar-refractivity contribution in [2.75, 3.05) is 25.3 Å². The second-order valence-electron chi connectivity index (χ2n) is 3.90. The number of para-hydroxylation sites is 2. The minimum absolute atomic E-state index is 0.131. The van der Waals surface area contributed by atoms with Crippen LogP contribution in [0.15, 0.2) is 36.4 Å². The summed E-state index contributed by atoms with van der Waals surface area (Å²) in [4.78, 5) is 0. The summed E-state index contributed by atoms with van der Waals surface area (Å²) < 4.78 is 23.6. The van der Waals surface area contributed by atoms with E-state index in [1.165, 1.54) is 19.2 Å². The van der Waals surface area contributed by atoms with Crippen LogP contribution in [0.5, 0.6) is 11.5 Å². The van der Waals surface area contributed by atoms with Gasteiger partial charge in [-0.3, -0.25) is 0 Å². The van der Waals surface area contributed by atoms with Gasteiger partial charge in [0.2, 0.25) is 0 Å². The fourth-order valence-corrected chi connectivity index (χ4v) is 1.73. The molecule has 0 saturated heterocycles. The second-order valence-corrected chi connectivity index (χ2v) is 3.90. The molecule has 5 heteroatoms. The van der Waals surface area contributed by atoms with E-state index in [4.69, 9.17) is 15.2 Å². The predicted octanol–water partition coefficient (Wildman–Crippen LogP) is 3.17. The van der Waals surface area contributed by atoms with Gasteiger partial charge in [0.05, 0.1) is 31.3 Å². The Kier molecular flexibility index (Phi) is 3.75. The van der Waals surface area contributed by atoms with Crippen molar-refractivity contribution in [1.29, 1.82) is 0 Å². The van der Waals surface area contributed by atoms with E-state index in [1.54, 1.807) is 7.11 Å². The summed E-state index contributed by atoms with van der Waals surface area (Å²) >= 11 is 0. The van der Waals surface area contributed by atoms with E-state index in [9.17, 15) is 4.39 Å². The van der Waals surface area contributed by atoms with Crippen LogP contribution >= 0.6 is 0 Å². The third kappa shape index (κ3) is 2.70. The van der Waals surface area contributed by atoms with Gasteiger partial charge >= 0.3 is 0 Å². The van der Waals surface area contributed by atoms with Crippen LogP contribution in [0, 0.1) is 5.82 Å². The van der Waals surface area contributed by atoms with E-state index >= 15 is 0 Å². The lowest BCUT2D eigenvalue weighted by Gasteiger charge is -2.14. The van der Waals surface area contributed by atoms with Crippen LogP contribution in [0.25, 0.3) is 0 Å². The second kappa shape index (κ2) is 5.48. The fourth-order valence-electron chi connectivity index (χ4n) is 1.73. The summed E-state index contributed by atoms with van der Waals surface area (Å²) in [7, 11) is 2.98. The zero-order chi connectivity index (χ0) is 13.8. The molecule has 0 aliphatic heterocycles. The monoisotopic (exact) mass is 262 g/mol. The Bertz CT molecular complexity index is 588. The van der Waals surface area contributed by atoms with Gasteiger partial charge in [0.25, 0.3) is 0 Å². The fraction of sp³-hybridized carbons (Fsp3) is 0.143. The minimum atomic E-state index is -0.495. The van der Waals surface area contributed by atoms with Crippen LogP contribution in [0.1, 0.15) is 0 Å². The van der Waals surface area contributed by atoms with Crippen LogP contribution in [-0.4, -0.2) is 14.2 Å². The van der Waals surface area contributed by atoms with Gasteiger partial charge in [-0.05, 0) is 12.1 Å². The number of methoxy groups -OCH3 is 2. The topological polar surface area (TPSA) is 56.5 Å². The standard InChI is InChI=1S/C14H15FN2O2/c1-18-13-6-4-3-5-11(13)17-12-8-14(19-2)9(15)7-10(12)16/h3-8,17H,16H2,1-2H3. The number of nitrogen functional groups attached to an aromatic ring is 1. The third-order valence-electron chi connectivity index (χ3n) is 2.70. The molecule has 0 unspecified atom stereocenters. The Morgan fingerprint density at radius 3 is 2.37 bits per heavy atom. The smallest absolute Gasteiger partial charge is 0.167 e. The molecule has 2 aromatic rings. The lowest BCUT2D eigenvalue weighted by molar-refractivity contribution is 0.387. The normalized spacial score (nSPS) is 10.1. The number of hydrogen-bond donors (Lipinski definition) is 2. The van der Waals surface area contributed by atoms with Crippen LogP contribution < -0.4 is 20.5 Å². The molecule has 2 rings (SSSR count). The molecular formula is C14H15FN2O2. The molecular weight excluding hydrogens is 247 g/mol. The van der Waals surface area contributed by atoms with E-state index in [0.717, 1.165) is 5.69 Å². The molecule has 0 fully saturated rings. The molecule has 0 amide bonds. The number of rotatable bonds is 4. The van der Waals surface area contributed by atoms with E-state index in [-0.39, 0.29) is 5.75 Å². The van der Waals surface area contributed by atoms with E-state index < -0.39 is 5.82 Å². The van der Waals surface area contributed by atoms with Crippen molar-refractivity contribution in [3.63, 3.8) is 0 Å². The highest BCUT2D eigenvalue weighted by atomic mass is 19.1. The van der Waals surface area contributed by atoms with Crippen molar-refractivity contribution in [3.8, 4) is 11.5 Å². The Morgan fingerprint density at radius 1 is 1.00 bits per heavy atom. The molecule has 0 saturated carbocycles. The number of nitrogens with one attached hydrogen (secondary N) is 1. The number of hydrogen-bond acceptors (Lipinski definition) is 4. The Balaban J connectivity index is 2.38. The van der Waals surface area contributed by atoms with Gasteiger partial charge in [0.15, 0.2) is 11.6 Å². The number of benzene rings is 2. The molecule has 0 heterocycles. The van der Waals surface area contributed by atoms with Gasteiger partial charge in [0.1, 0.15) is 5.75 Å². The van der Waals surface area contributed by atoms with Gasteiger partial charge in [-0.1, -0.05) is 12.1 Å². The average Bonchev–Trinajstić information content (AvgIpc) is 2.42. The molecule has 4 nitrogen and oxygen atoms in total. The first-order valence-electron chi connectivity index (χ1n) is 5.68. The van der Waals surface area contributed by atoms with Crippen LogP contribution in [-0.2, 0) is 0 Å². The Labute approximate surface area is 111 Å². The summed E-state index contributed by atoms with van der Waals surface area (Å²) in [5.74, 6) is 0.308. The Hall–Kier alpha value is -2.43. The van der Waals surface area contributed by atoms with Crippen molar-refractivity contribution in [1.82, 2.24) is 0 Å². The molecule has 100 valence electrons. The molecule has 0 aliphatic carbocycles. The number of ether oxygens (including phenoxy) is 2. The minimum Gasteiger partial charge on any atom is -0.495 e. The summed E-state index contributed by atoms with van der Waals surface area (Å²) in [6, 6.07) is 10.1. The molecule has 0 atom stereocenters. The quantitative estimate of drug-likeness (QED) is 0.831. The van der Waals surface area contributed by atoms with E-state index in [1.807, 2.05) is 24.3 Å². The zero-order valence-electron chi connectivity index (χ0n) is 10.7. The summed E-state index contributed by atoms with van der Waals surface area (Å²) in [6.07, 6.45) is 0.